The molecule has 0 bridgehead atoms. The van der Waals surface area contributed by atoms with Crippen LogP contribution in [0.2, 0.25) is 0 Å². The molecule has 0 saturated carbocycles. The topological polar surface area (TPSA) is 21.3 Å². The van der Waals surface area contributed by atoms with Gasteiger partial charge in [0.25, 0.3) is 0 Å². The Bertz CT molecular complexity index is 132. The second-order valence-corrected chi connectivity index (χ2v) is 4.63. The number of rotatable bonds is 6. The van der Waals surface area contributed by atoms with Crippen molar-refractivity contribution in [2.24, 2.45) is 5.92 Å². The third kappa shape index (κ3) is 4.63. The third-order valence-corrected chi connectivity index (χ3v) is 2.58. The molecule has 0 aliphatic carbocycles. The van der Waals surface area contributed by atoms with E-state index in [0.717, 1.165) is 19.1 Å². The van der Waals surface area contributed by atoms with Gasteiger partial charge in [0.15, 0.2) is 0 Å². The molecule has 0 amide bonds. The zero-order valence-corrected chi connectivity index (χ0v) is 9.18. The number of nitrogens with one attached hydrogen (secondary N) is 1. The summed E-state index contributed by atoms with van der Waals surface area (Å²) < 4.78 is 5.12. The Hall–Kier alpha value is -0.0800. The summed E-state index contributed by atoms with van der Waals surface area (Å²) >= 11 is 0. The molecule has 1 heterocycles. The first-order valence-corrected chi connectivity index (χ1v) is 5.52. The molecule has 1 unspecified atom stereocenters. The smallest absolute Gasteiger partial charge is 0.0643 e. The molecule has 1 saturated heterocycles. The lowest BCUT2D eigenvalue weighted by Crippen LogP contribution is -2.49. The molecule has 1 rings (SSSR count). The van der Waals surface area contributed by atoms with Gasteiger partial charge in [0.2, 0.25) is 0 Å². The molecule has 1 aliphatic rings. The van der Waals surface area contributed by atoms with E-state index in [1.165, 1.54) is 19.3 Å². The molecule has 13 heavy (non-hydrogen) atoms. The van der Waals surface area contributed by atoms with Gasteiger partial charge in [-0.2, -0.15) is 0 Å². The third-order valence-electron chi connectivity index (χ3n) is 2.58. The fourth-order valence-corrected chi connectivity index (χ4v) is 1.65. The fraction of sp³-hybridized carbons (Fsp3) is 1.00. The highest BCUT2D eigenvalue weighted by Gasteiger charge is 2.19. The lowest BCUT2D eigenvalue weighted by molar-refractivity contribution is -0.00960. The number of ether oxygens (including phenoxy) is 1. The highest BCUT2D eigenvalue weighted by Crippen LogP contribution is 2.09. The average molecular weight is 185 g/mol. The van der Waals surface area contributed by atoms with Gasteiger partial charge in [-0.3, -0.25) is 0 Å². The molecule has 0 radical (unpaired) electrons. The molecule has 2 heteroatoms. The van der Waals surface area contributed by atoms with Gasteiger partial charge < -0.3 is 10.1 Å². The molecule has 1 atom stereocenters. The van der Waals surface area contributed by atoms with Crippen molar-refractivity contribution < 1.29 is 4.74 Å². The van der Waals surface area contributed by atoms with Gasteiger partial charge in [-0.25, -0.2) is 0 Å². The Morgan fingerprint density at radius 2 is 1.92 bits per heavy atom. The van der Waals surface area contributed by atoms with Gasteiger partial charge in [0, 0.05) is 6.04 Å². The normalized spacial score (nSPS) is 20.3. The van der Waals surface area contributed by atoms with Crippen LogP contribution in [0.15, 0.2) is 0 Å². The van der Waals surface area contributed by atoms with Crippen LogP contribution in [0.5, 0.6) is 0 Å². The highest BCUT2D eigenvalue weighted by molar-refractivity contribution is 4.76. The Kier molecular flexibility index (Phi) is 4.74. The van der Waals surface area contributed by atoms with Crippen LogP contribution in [0.3, 0.4) is 0 Å². The van der Waals surface area contributed by atoms with E-state index < -0.39 is 0 Å². The van der Waals surface area contributed by atoms with E-state index >= 15 is 0 Å². The van der Waals surface area contributed by atoms with Gasteiger partial charge in [0.1, 0.15) is 0 Å². The molecule has 0 aromatic heterocycles. The molecule has 78 valence electrons. The zero-order chi connectivity index (χ0) is 9.68. The maximum atomic E-state index is 5.12. The van der Waals surface area contributed by atoms with Crippen LogP contribution in [0.4, 0.5) is 0 Å². The Morgan fingerprint density at radius 1 is 1.23 bits per heavy atom. The lowest BCUT2D eigenvalue weighted by atomic mass is 10.0. The van der Waals surface area contributed by atoms with Gasteiger partial charge in [-0.15, -0.1) is 0 Å². The van der Waals surface area contributed by atoms with E-state index in [1.54, 1.807) is 0 Å². The lowest BCUT2D eigenvalue weighted by Gasteiger charge is -2.30. The quantitative estimate of drug-likeness (QED) is 0.685. The minimum absolute atomic E-state index is 0.633. The molecule has 1 N–H and O–H groups in total. The van der Waals surface area contributed by atoms with Crippen LogP contribution in [-0.4, -0.2) is 25.3 Å². The van der Waals surface area contributed by atoms with E-state index in [2.05, 4.69) is 26.1 Å². The van der Waals surface area contributed by atoms with Crippen molar-refractivity contribution in [3.8, 4) is 0 Å². The Labute approximate surface area is 82.0 Å². The molecule has 0 spiro atoms. The number of hydrogen-bond acceptors (Lipinski definition) is 2. The molecular weight excluding hydrogens is 162 g/mol. The van der Waals surface area contributed by atoms with E-state index in [-0.39, 0.29) is 0 Å². The summed E-state index contributed by atoms with van der Waals surface area (Å²) in [6.45, 7) is 8.68. The molecule has 0 aromatic rings. The SMILES string of the molecule is CC(C)CCCC(C)NC1COC1. The largest absolute Gasteiger partial charge is 0.378 e. The summed E-state index contributed by atoms with van der Waals surface area (Å²) in [7, 11) is 0. The van der Waals surface area contributed by atoms with Crippen molar-refractivity contribution in [2.75, 3.05) is 13.2 Å². The minimum Gasteiger partial charge on any atom is -0.378 e. The second kappa shape index (κ2) is 5.61. The van der Waals surface area contributed by atoms with E-state index in [9.17, 15) is 0 Å². The van der Waals surface area contributed by atoms with E-state index in [0.29, 0.717) is 12.1 Å². The monoisotopic (exact) mass is 185 g/mol. The maximum absolute atomic E-state index is 5.12. The molecule has 0 aromatic carbocycles. The summed E-state index contributed by atoms with van der Waals surface area (Å²) in [5.41, 5.74) is 0. The summed E-state index contributed by atoms with van der Waals surface area (Å²) in [5, 5.41) is 3.57. The average Bonchev–Trinajstić information content (AvgIpc) is 1.96. The predicted octanol–water partition coefficient (Wildman–Crippen LogP) is 2.19. The van der Waals surface area contributed by atoms with Crippen molar-refractivity contribution >= 4 is 0 Å². The predicted molar refractivity (Wildman–Crippen MR) is 55.9 cm³/mol. The highest BCUT2D eigenvalue weighted by atomic mass is 16.5. The Morgan fingerprint density at radius 3 is 2.38 bits per heavy atom. The minimum atomic E-state index is 0.633. The van der Waals surface area contributed by atoms with Crippen LogP contribution >= 0.6 is 0 Å². The standard InChI is InChI=1S/C11H23NO/c1-9(2)5-4-6-10(3)12-11-7-13-8-11/h9-12H,4-8H2,1-3H3. The van der Waals surface area contributed by atoms with Crippen molar-refractivity contribution in [2.45, 2.75) is 52.1 Å². The maximum Gasteiger partial charge on any atom is 0.0643 e. The van der Waals surface area contributed by atoms with Gasteiger partial charge >= 0.3 is 0 Å². The second-order valence-electron chi connectivity index (χ2n) is 4.63. The summed E-state index contributed by atoms with van der Waals surface area (Å²) in [5.74, 6) is 0.847. The van der Waals surface area contributed by atoms with Crippen molar-refractivity contribution in [3.63, 3.8) is 0 Å². The summed E-state index contributed by atoms with van der Waals surface area (Å²) in [6, 6.07) is 1.29. The molecular formula is C11H23NO. The summed E-state index contributed by atoms with van der Waals surface area (Å²) in [4.78, 5) is 0. The van der Waals surface area contributed by atoms with Crippen molar-refractivity contribution in [1.82, 2.24) is 5.32 Å². The van der Waals surface area contributed by atoms with Crippen LogP contribution in [0, 0.1) is 5.92 Å². The van der Waals surface area contributed by atoms with Crippen LogP contribution in [0.1, 0.15) is 40.0 Å². The van der Waals surface area contributed by atoms with Crippen LogP contribution < -0.4 is 5.32 Å². The Balaban J connectivity index is 1.93. The van der Waals surface area contributed by atoms with Crippen LogP contribution in [-0.2, 0) is 4.74 Å². The molecule has 2 nitrogen and oxygen atoms in total. The van der Waals surface area contributed by atoms with Gasteiger partial charge in [0.05, 0.1) is 19.3 Å². The van der Waals surface area contributed by atoms with Crippen LogP contribution in [0.25, 0.3) is 0 Å². The van der Waals surface area contributed by atoms with Gasteiger partial charge in [-0.1, -0.05) is 26.7 Å². The van der Waals surface area contributed by atoms with Crippen molar-refractivity contribution in [3.05, 3.63) is 0 Å². The fourth-order valence-electron chi connectivity index (χ4n) is 1.65. The summed E-state index contributed by atoms with van der Waals surface area (Å²) in [6.07, 6.45) is 4.00. The van der Waals surface area contributed by atoms with E-state index in [1.807, 2.05) is 0 Å². The first kappa shape index (κ1) is 11.0. The molecule has 1 fully saturated rings. The first-order valence-electron chi connectivity index (χ1n) is 5.52. The molecule has 1 aliphatic heterocycles. The first-order chi connectivity index (χ1) is 6.18. The van der Waals surface area contributed by atoms with Gasteiger partial charge in [-0.05, 0) is 19.3 Å². The van der Waals surface area contributed by atoms with E-state index in [4.69, 9.17) is 4.74 Å². The van der Waals surface area contributed by atoms with Crippen molar-refractivity contribution in [1.29, 1.82) is 0 Å². The zero-order valence-electron chi connectivity index (χ0n) is 9.18. The number of hydrogen-bond donors (Lipinski definition) is 1.